The summed E-state index contributed by atoms with van der Waals surface area (Å²) >= 11 is 1.46. The molecule has 11 N–H and O–H groups in total. The van der Waals surface area contributed by atoms with E-state index < -0.39 is 47.9 Å². The first kappa shape index (κ1) is 34.5. The van der Waals surface area contributed by atoms with E-state index >= 15 is 0 Å². The number of carboxylic acids is 1. The van der Waals surface area contributed by atoms with Crippen LogP contribution in [-0.4, -0.2) is 82.6 Å². The lowest BCUT2D eigenvalue weighted by Gasteiger charge is -2.25. The standard InChI is InChI=1S/C26H43N7O6S/c1-15(2)13-18(27)22(35)33-21(14-16-6-8-17(34)9-7-16)24(37)31-19(10-12-40-3)23(36)32-20(25(38)39)5-4-11-30-26(28)29/h6-9,15,18-21,34H,4-5,10-14,27H2,1-3H3,(H,31,37)(H,32,36)(H,33,35)(H,38,39)(H4,28,29,30)/t18-,19-,20-,21-/m0/s1. The molecule has 0 unspecified atom stereocenters. The Labute approximate surface area is 239 Å². The Hall–Kier alpha value is -3.52. The summed E-state index contributed by atoms with van der Waals surface area (Å²) in [7, 11) is 0. The Morgan fingerprint density at radius 2 is 1.50 bits per heavy atom. The summed E-state index contributed by atoms with van der Waals surface area (Å²) in [5.41, 5.74) is 17.3. The second kappa shape index (κ2) is 17.9. The fourth-order valence-electron chi connectivity index (χ4n) is 3.78. The van der Waals surface area contributed by atoms with E-state index in [1.807, 2.05) is 20.1 Å². The van der Waals surface area contributed by atoms with Gasteiger partial charge in [-0.3, -0.25) is 19.4 Å². The van der Waals surface area contributed by atoms with E-state index in [2.05, 4.69) is 20.9 Å². The second-order valence-corrected chi connectivity index (χ2v) is 10.8. The van der Waals surface area contributed by atoms with Gasteiger partial charge < -0.3 is 43.4 Å². The molecule has 13 nitrogen and oxygen atoms in total. The van der Waals surface area contributed by atoms with Crippen molar-refractivity contribution in [2.45, 2.75) is 70.1 Å². The van der Waals surface area contributed by atoms with Crippen molar-refractivity contribution in [1.82, 2.24) is 16.0 Å². The topological polar surface area (TPSA) is 235 Å². The van der Waals surface area contributed by atoms with Gasteiger partial charge in [0.2, 0.25) is 17.7 Å². The van der Waals surface area contributed by atoms with Crippen LogP contribution in [0.25, 0.3) is 0 Å². The molecule has 1 rings (SSSR count). The van der Waals surface area contributed by atoms with Crippen molar-refractivity contribution in [2.75, 3.05) is 18.6 Å². The van der Waals surface area contributed by atoms with Crippen LogP contribution in [0.2, 0.25) is 0 Å². The maximum atomic E-state index is 13.4. The number of carbonyl (C=O) groups is 4. The van der Waals surface area contributed by atoms with Gasteiger partial charge in [-0.25, -0.2) is 4.79 Å². The van der Waals surface area contributed by atoms with Crippen LogP contribution in [0.4, 0.5) is 0 Å². The first-order chi connectivity index (χ1) is 18.8. The van der Waals surface area contributed by atoms with E-state index in [-0.39, 0.29) is 43.4 Å². The Bertz CT molecular complexity index is 1000. The average molecular weight is 582 g/mol. The molecule has 0 radical (unpaired) electrons. The van der Waals surface area contributed by atoms with Gasteiger partial charge in [-0.15, -0.1) is 0 Å². The summed E-state index contributed by atoms with van der Waals surface area (Å²) in [5, 5.41) is 27.0. The highest BCUT2D eigenvalue weighted by atomic mass is 32.2. The number of nitrogens with zero attached hydrogens (tertiary/aromatic N) is 1. The molecule has 0 aliphatic heterocycles. The van der Waals surface area contributed by atoms with E-state index in [1.54, 1.807) is 12.1 Å². The zero-order valence-electron chi connectivity index (χ0n) is 23.3. The second-order valence-electron chi connectivity index (χ2n) is 9.86. The quantitative estimate of drug-likeness (QED) is 0.0637. The van der Waals surface area contributed by atoms with Crippen molar-refractivity contribution < 1.29 is 29.4 Å². The van der Waals surface area contributed by atoms with E-state index in [0.29, 0.717) is 24.2 Å². The van der Waals surface area contributed by atoms with Gasteiger partial charge in [0.1, 0.15) is 23.9 Å². The van der Waals surface area contributed by atoms with Crippen molar-refractivity contribution in [3.8, 4) is 5.75 Å². The van der Waals surface area contributed by atoms with Gasteiger partial charge in [-0.2, -0.15) is 11.8 Å². The number of benzene rings is 1. The van der Waals surface area contributed by atoms with Gasteiger partial charge >= 0.3 is 5.97 Å². The van der Waals surface area contributed by atoms with Crippen LogP contribution in [-0.2, 0) is 25.6 Å². The molecule has 0 saturated carbocycles. The van der Waals surface area contributed by atoms with Crippen molar-refractivity contribution in [3.05, 3.63) is 29.8 Å². The molecule has 0 fully saturated rings. The van der Waals surface area contributed by atoms with Crippen LogP contribution in [0, 0.1) is 5.92 Å². The molecule has 14 heteroatoms. The van der Waals surface area contributed by atoms with Gasteiger partial charge in [0.05, 0.1) is 6.04 Å². The van der Waals surface area contributed by atoms with Crippen molar-refractivity contribution in [2.24, 2.45) is 28.1 Å². The smallest absolute Gasteiger partial charge is 0.326 e. The Kier molecular flexibility index (Phi) is 15.5. The molecule has 0 aliphatic carbocycles. The number of amides is 3. The zero-order chi connectivity index (χ0) is 30.2. The maximum Gasteiger partial charge on any atom is 0.326 e. The molecule has 0 spiro atoms. The van der Waals surface area contributed by atoms with Crippen LogP contribution < -0.4 is 33.2 Å². The zero-order valence-corrected chi connectivity index (χ0v) is 24.1. The molecule has 0 bridgehead atoms. The summed E-state index contributed by atoms with van der Waals surface area (Å²) in [5.74, 6) is -2.43. The van der Waals surface area contributed by atoms with Crippen molar-refractivity contribution in [1.29, 1.82) is 0 Å². The number of rotatable bonds is 18. The lowest BCUT2D eigenvalue weighted by molar-refractivity contribution is -0.142. The number of aliphatic carboxylic acids is 1. The number of phenols is 1. The number of hydrogen-bond donors (Lipinski definition) is 8. The monoisotopic (exact) mass is 581 g/mol. The fraction of sp³-hybridized carbons (Fsp3) is 0.577. The van der Waals surface area contributed by atoms with Gasteiger partial charge in [0.25, 0.3) is 0 Å². The molecular formula is C26H43N7O6S. The normalized spacial score (nSPS) is 13.9. The van der Waals surface area contributed by atoms with E-state index in [1.165, 1.54) is 23.9 Å². The number of nitrogens with two attached hydrogens (primary N) is 3. The minimum Gasteiger partial charge on any atom is -0.508 e. The van der Waals surface area contributed by atoms with Crippen molar-refractivity contribution >= 4 is 41.4 Å². The molecule has 1 aromatic rings. The number of carboxylic acid groups (broad SMARTS) is 1. The van der Waals surface area contributed by atoms with E-state index in [0.717, 1.165) is 0 Å². The average Bonchev–Trinajstić information content (AvgIpc) is 2.88. The summed E-state index contributed by atoms with van der Waals surface area (Å²) in [6.07, 6.45) is 2.95. The molecule has 0 aromatic heterocycles. The summed E-state index contributed by atoms with van der Waals surface area (Å²) in [6, 6.07) is 1.99. The number of hydrogen-bond acceptors (Lipinski definition) is 8. The number of aliphatic imine (C=N–C) groups is 1. The lowest BCUT2D eigenvalue weighted by Crippen LogP contribution is -2.57. The number of thioether (sulfide) groups is 1. The molecule has 0 heterocycles. The minimum absolute atomic E-state index is 0.0489. The fourth-order valence-corrected chi connectivity index (χ4v) is 4.25. The molecular weight excluding hydrogens is 538 g/mol. The number of carbonyl (C=O) groups excluding carboxylic acids is 3. The molecule has 0 saturated heterocycles. The summed E-state index contributed by atoms with van der Waals surface area (Å²) in [4.78, 5) is 54.9. The first-order valence-corrected chi connectivity index (χ1v) is 14.4. The van der Waals surface area contributed by atoms with Crippen LogP contribution in [0.5, 0.6) is 5.75 Å². The molecule has 1 aromatic carbocycles. The van der Waals surface area contributed by atoms with Gasteiger partial charge in [-0.1, -0.05) is 26.0 Å². The van der Waals surface area contributed by atoms with Gasteiger partial charge in [0, 0.05) is 13.0 Å². The summed E-state index contributed by atoms with van der Waals surface area (Å²) in [6.45, 7) is 4.05. The van der Waals surface area contributed by atoms with Crippen LogP contribution >= 0.6 is 11.8 Å². The minimum atomic E-state index is -1.23. The number of nitrogens with one attached hydrogen (secondary N) is 3. The largest absolute Gasteiger partial charge is 0.508 e. The van der Waals surface area contributed by atoms with Crippen LogP contribution in [0.15, 0.2) is 29.3 Å². The van der Waals surface area contributed by atoms with Crippen LogP contribution in [0.3, 0.4) is 0 Å². The Balaban J connectivity index is 3.07. The maximum absolute atomic E-state index is 13.4. The molecule has 40 heavy (non-hydrogen) atoms. The third-order valence-electron chi connectivity index (χ3n) is 5.87. The predicted molar refractivity (Wildman–Crippen MR) is 156 cm³/mol. The van der Waals surface area contributed by atoms with Gasteiger partial charge in [-0.05, 0) is 61.3 Å². The van der Waals surface area contributed by atoms with E-state index in [4.69, 9.17) is 17.2 Å². The molecule has 0 aliphatic rings. The Morgan fingerprint density at radius 3 is 2.05 bits per heavy atom. The first-order valence-electron chi connectivity index (χ1n) is 13.1. The lowest BCUT2D eigenvalue weighted by atomic mass is 10.0. The van der Waals surface area contributed by atoms with Crippen LogP contribution in [0.1, 0.15) is 45.1 Å². The third kappa shape index (κ3) is 13.5. The molecule has 3 amide bonds. The highest BCUT2D eigenvalue weighted by Gasteiger charge is 2.30. The number of guanidine groups is 1. The third-order valence-corrected chi connectivity index (χ3v) is 6.52. The molecule has 4 atom stereocenters. The highest BCUT2D eigenvalue weighted by Crippen LogP contribution is 2.13. The number of phenolic OH excluding ortho intramolecular Hbond substituents is 1. The Morgan fingerprint density at radius 1 is 0.925 bits per heavy atom. The van der Waals surface area contributed by atoms with Crippen molar-refractivity contribution in [3.63, 3.8) is 0 Å². The molecule has 224 valence electrons. The van der Waals surface area contributed by atoms with Gasteiger partial charge in [0.15, 0.2) is 5.96 Å². The van der Waals surface area contributed by atoms with E-state index in [9.17, 15) is 29.4 Å². The predicted octanol–water partition coefficient (Wildman–Crippen LogP) is -0.346. The SMILES string of the molecule is CSCC[C@H](NC(=O)[C@H](Cc1ccc(O)cc1)NC(=O)[C@@H](N)CC(C)C)C(=O)N[C@@H](CCCN=C(N)N)C(=O)O. The highest BCUT2D eigenvalue weighted by molar-refractivity contribution is 7.98. The number of aromatic hydroxyl groups is 1. The summed E-state index contributed by atoms with van der Waals surface area (Å²) < 4.78 is 0.